The molecule has 0 saturated heterocycles. The van der Waals surface area contributed by atoms with E-state index < -0.39 is 35.5 Å². The summed E-state index contributed by atoms with van der Waals surface area (Å²) in [4.78, 5) is 40.3. The minimum atomic E-state index is -4.52. The van der Waals surface area contributed by atoms with Crippen LogP contribution in [0.25, 0.3) is 0 Å². The number of carbonyl (C=O) groups is 2. The SMILES string of the molecule is CCN(C(=O)C1C=CC(C)=C(N(C)C)C1=C=O)N(C(=O)c1ccc(C(F)(F)F)cc1)C(C)C. The van der Waals surface area contributed by atoms with Crippen LogP contribution in [-0.4, -0.2) is 59.4 Å². The van der Waals surface area contributed by atoms with Crippen molar-refractivity contribution in [2.45, 2.75) is 39.9 Å². The molecule has 9 heteroatoms. The first-order chi connectivity index (χ1) is 15.3. The number of hydrazine groups is 1. The van der Waals surface area contributed by atoms with E-state index in [2.05, 4.69) is 0 Å². The van der Waals surface area contributed by atoms with Crippen molar-refractivity contribution in [3.05, 3.63) is 64.4 Å². The van der Waals surface area contributed by atoms with E-state index in [1.165, 1.54) is 10.0 Å². The Morgan fingerprint density at radius 2 is 1.70 bits per heavy atom. The molecule has 0 saturated carbocycles. The Kier molecular flexibility index (Phi) is 7.93. The Bertz CT molecular complexity index is 1020. The van der Waals surface area contributed by atoms with E-state index in [1.54, 1.807) is 51.9 Å². The maximum Gasteiger partial charge on any atom is 0.416 e. The van der Waals surface area contributed by atoms with Gasteiger partial charge in [0.1, 0.15) is 5.94 Å². The summed E-state index contributed by atoms with van der Waals surface area (Å²) in [7, 11) is 3.51. The van der Waals surface area contributed by atoms with Crippen LogP contribution in [0.15, 0.2) is 53.3 Å². The Labute approximate surface area is 191 Å². The Morgan fingerprint density at radius 1 is 1.12 bits per heavy atom. The van der Waals surface area contributed by atoms with Crippen molar-refractivity contribution in [1.82, 2.24) is 14.9 Å². The van der Waals surface area contributed by atoms with Gasteiger partial charge in [-0.15, -0.1) is 0 Å². The summed E-state index contributed by atoms with van der Waals surface area (Å²) in [5.74, 6) is -0.197. The first-order valence-electron chi connectivity index (χ1n) is 10.5. The molecule has 1 aliphatic rings. The molecule has 33 heavy (non-hydrogen) atoms. The van der Waals surface area contributed by atoms with E-state index in [4.69, 9.17) is 0 Å². The van der Waals surface area contributed by atoms with Gasteiger partial charge in [0.05, 0.1) is 22.8 Å². The van der Waals surface area contributed by atoms with Crippen LogP contribution >= 0.6 is 0 Å². The Balaban J connectivity index is 2.43. The van der Waals surface area contributed by atoms with Gasteiger partial charge in [0.15, 0.2) is 0 Å². The molecule has 0 heterocycles. The number of rotatable bonds is 5. The predicted molar refractivity (Wildman–Crippen MR) is 118 cm³/mol. The standard InChI is InChI=1S/C24H28F3N3O3/c1-7-29(23(33)19-13-8-16(4)21(28(5)6)20(19)14-31)30(15(2)3)22(32)17-9-11-18(12-10-17)24(25,26)27/h8-13,15,19H,7H2,1-6H3. The van der Waals surface area contributed by atoms with Gasteiger partial charge in [0, 0.05) is 32.2 Å². The summed E-state index contributed by atoms with van der Waals surface area (Å²) in [6.45, 7) is 6.99. The predicted octanol–water partition coefficient (Wildman–Crippen LogP) is 4.10. The van der Waals surface area contributed by atoms with E-state index in [9.17, 15) is 27.6 Å². The zero-order valence-electron chi connectivity index (χ0n) is 19.5. The van der Waals surface area contributed by atoms with Crippen molar-refractivity contribution < 1.29 is 27.6 Å². The van der Waals surface area contributed by atoms with E-state index in [-0.39, 0.29) is 17.7 Å². The molecule has 2 rings (SSSR count). The largest absolute Gasteiger partial charge is 0.416 e. The average Bonchev–Trinajstić information content (AvgIpc) is 2.75. The highest BCUT2D eigenvalue weighted by Gasteiger charge is 2.37. The summed E-state index contributed by atoms with van der Waals surface area (Å²) in [6, 6.07) is 3.36. The number of alkyl halides is 3. The number of nitrogens with zero attached hydrogens (tertiary/aromatic N) is 3. The number of allylic oxidation sites excluding steroid dienone is 3. The number of amides is 2. The van der Waals surface area contributed by atoms with Gasteiger partial charge < -0.3 is 4.90 Å². The van der Waals surface area contributed by atoms with Crippen molar-refractivity contribution in [2.24, 2.45) is 5.92 Å². The van der Waals surface area contributed by atoms with Crippen LogP contribution in [0.2, 0.25) is 0 Å². The zero-order valence-corrected chi connectivity index (χ0v) is 19.5. The minimum Gasteiger partial charge on any atom is -0.377 e. The number of benzene rings is 1. The van der Waals surface area contributed by atoms with Crippen LogP contribution < -0.4 is 0 Å². The van der Waals surface area contributed by atoms with Crippen molar-refractivity contribution in [3.8, 4) is 0 Å². The number of halogens is 3. The van der Waals surface area contributed by atoms with Crippen molar-refractivity contribution in [2.75, 3.05) is 20.6 Å². The minimum absolute atomic E-state index is 0.0120. The normalized spacial score (nSPS) is 16.1. The number of hydrogen-bond acceptors (Lipinski definition) is 4. The van der Waals surface area contributed by atoms with Gasteiger partial charge in [-0.05, 0) is 57.5 Å². The molecule has 0 radical (unpaired) electrons. The number of hydrogen-bond donors (Lipinski definition) is 0. The first kappa shape index (κ1) is 25.9. The van der Waals surface area contributed by atoms with E-state index in [0.717, 1.165) is 29.8 Å². The molecular formula is C24H28F3N3O3. The number of likely N-dealkylation sites (N-methyl/N-ethyl adjacent to an activating group) is 1. The molecule has 6 nitrogen and oxygen atoms in total. The monoisotopic (exact) mass is 463 g/mol. The smallest absolute Gasteiger partial charge is 0.377 e. The molecule has 0 fully saturated rings. The van der Waals surface area contributed by atoms with Crippen LogP contribution in [0.3, 0.4) is 0 Å². The molecule has 1 unspecified atom stereocenters. The van der Waals surface area contributed by atoms with Gasteiger partial charge in [-0.2, -0.15) is 13.2 Å². The lowest BCUT2D eigenvalue weighted by Crippen LogP contribution is -2.54. The van der Waals surface area contributed by atoms with Gasteiger partial charge in [-0.3, -0.25) is 14.6 Å². The fourth-order valence-electron chi connectivity index (χ4n) is 3.82. The van der Waals surface area contributed by atoms with Crippen molar-refractivity contribution >= 4 is 17.8 Å². The fraction of sp³-hybridized carbons (Fsp3) is 0.417. The highest BCUT2D eigenvalue weighted by atomic mass is 19.4. The summed E-state index contributed by atoms with van der Waals surface area (Å²) < 4.78 is 38.7. The molecule has 178 valence electrons. The van der Waals surface area contributed by atoms with Crippen LogP contribution in [0.5, 0.6) is 0 Å². The average molecular weight is 464 g/mol. The second-order valence-electron chi connectivity index (χ2n) is 8.15. The van der Waals surface area contributed by atoms with Crippen molar-refractivity contribution in [1.29, 1.82) is 0 Å². The lowest BCUT2D eigenvalue weighted by Gasteiger charge is -2.39. The molecule has 1 aromatic carbocycles. The Hall–Kier alpha value is -3.32. The molecule has 2 amide bonds. The Morgan fingerprint density at radius 3 is 2.12 bits per heavy atom. The van der Waals surface area contributed by atoms with Gasteiger partial charge in [0.25, 0.3) is 11.8 Å². The van der Waals surface area contributed by atoms with Crippen LogP contribution in [-0.2, 0) is 15.8 Å². The second kappa shape index (κ2) is 10.1. The quantitative estimate of drug-likeness (QED) is 0.487. The topological polar surface area (TPSA) is 60.9 Å². The molecular weight excluding hydrogens is 435 g/mol. The maximum atomic E-state index is 13.5. The summed E-state index contributed by atoms with van der Waals surface area (Å²) in [5, 5.41) is 2.44. The first-order valence-corrected chi connectivity index (χ1v) is 10.5. The second-order valence-corrected chi connectivity index (χ2v) is 8.15. The van der Waals surface area contributed by atoms with Crippen LogP contribution in [0.4, 0.5) is 13.2 Å². The molecule has 1 aromatic rings. The highest BCUT2D eigenvalue weighted by molar-refractivity contribution is 5.97. The fourth-order valence-corrected chi connectivity index (χ4v) is 3.82. The molecule has 0 N–H and O–H groups in total. The van der Waals surface area contributed by atoms with Gasteiger partial charge >= 0.3 is 6.18 Å². The zero-order chi connectivity index (χ0) is 25.1. The lowest BCUT2D eigenvalue weighted by atomic mass is 9.88. The number of carbonyl (C=O) groups excluding carboxylic acids is 3. The molecule has 0 bridgehead atoms. The molecule has 0 aliphatic heterocycles. The summed E-state index contributed by atoms with van der Waals surface area (Å²) in [5.41, 5.74) is 0.677. The molecule has 1 atom stereocenters. The molecule has 0 spiro atoms. The molecule has 0 aromatic heterocycles. The highest BCUT2D eigenvalue weighted by Crippen LogP contribution is 2.32. The van der Waals surface area contributed by atoms with Crippen LogP contribution in [0.1, 0.15) is 43.6 Å². The van der Waals surface area contributed by atoms with Crippen molar-refractivity contribution in [3.63, 3.8) is 0 Å². The van der Waals surface area contributed by atoms with Gasteiger partial charge in [0.2, 0.25) is 0 Å². The lowest BCUT2D eigenvalue weighted by molar-refractivity contribution is -0.148. The van der Waals surface area contributed by atoms with E-state index >= 15 is 0 Å². The van der Waals surface area contributed by atoms with Gasteiger partial charge in [-0.25, -0.2) is 9.80 Å². The van der Waals surface area contributed by atoms with Crippen LogP contribution in [0, 0.1) is 5.92 Å². The summed E-state index contributed by atoms with van der Waals surface area (Å²) in [6.07, 6.45) is -1.19. The third kappa shape index (κ3) is 5.37. The maximum absolute atomic E-state index is 13.5. The van der Waals surface area contributed by atoms with E-state index in [0.29, 0.717) is 5.70 Å². The third-order valence-corrected chi connectivity index (χ3v) is 5.27. The van der Waals surface area contributed by atoms with Gasteiger partial charge in [-0.1, -0.05) is 12.2 Å². The summed E-state index contributed by atoms with van der Waals surface area (Å²) >= 11 is 0. The van der Waals surface area contributed by atoms with E-state index in [1.807, 2.05) is 12.9 Å². The molecule has 1 aliphatic carbocycles. The third-order valence-electron chi connectivity index (χ3n) is 5.27.